The summed E-state index contributed by atoms with van der Waals surface area (Å²) in [6, 6.07) is 4.46. The molecule has 0 saturated heterocycles. The van der Waals surface area contributed by atoms with Crippen molar-refractivity contribution in [2.75, 3.05) is 0 Å². The molecule has 1 aliphatic rings. The number of nitrogens with one attached hydrogen (secondary N) is 1. The lowest BCUT2D eigenvalue weighted by Crippen LogP contribution is -2.39. The molecule has 1 aromatic carbocycles. The van der Waals surface area contributed by atoms with E-state index in [1.54, 1.807) is 6.07 Å². The van der Waals surface area contributed by atoms with Crippen LogP contribution >= 0.6 is 11.6 Å². The minimum atomic E-state index is -0.727. The molecule has 0 aliphatic carbocycles. The van der Waals surface area contributed by atoms with E-state index < -0.39 is 11.9 Å². The molecule has 1 amide bonds. The maximum atomic E-state index is 13.8. The largest absolute Gasteiger partial charge is 0.382 e. The molecule has 4 nitrogen and oxygen atoms in total. The summed E-state index contributed by atoms with van der Waals surface area (Å²) in [5.41, 5.74) is 0.561. The fraction of sp³-hybridized carbons (Fsp3) is 0.429. The molecule has 0 unspecified atom stereocenters. The van der Waals surface area contributed by atoms with Crippen molar-refractivity contribution < 1.29 is 14.0 Å². The van der Waals surface area contributed by atoms with Crippen molar-refractivity contribution in [3.8, 4) is 0 Å². The topological polar surface area (TPSA) is 50.7 Å². The van der Waals surface area contributed by atoms with E-state index in [2.05, 4.69) is 10.5 Å². The molecule has 0 bridgehead atoms. The van der Waals surface area contributed by atoms with Gasteiger partial charge in [0, 0.05) is 12.5 Å². The first-order valence-corrected chi connectivity index (χ1v) is 6.88. The first kappa shape index (κ1) is 14.8. The number of amides is 1. The first-order chi connectivity index (χ1) is 9.52. The van der Waals surface area contributed by atoms with Crippen molar-refractivity contribution >= 4 is 23.2 Å². The van der Waals surface area contributed by atoms with Gasteiger partial charge in [0.05, 0.1) is 16.3 Å². The summed E-state index contributed by atoms with van der Waals surface area (Å²) in [6.45, 7) is 3.88. The van der Waals surface area contributed by atoms with Gasteiger partial charge in [-0.2, -0.15) is 0 Å². The van der Waals surface area contributed by atoms with Crippen LogP contribution < -0.4 is 5.32 Å². The average molecular weight is 299 g/mol. The Morgan fingerprint density at radius 1 is 1.65 bits per heavy atom. The monoisotopic (exact) mass is 298 g/mol. The van der Waals surface area contributed by atoms with E-state index >= 15 is 0 Å². The van der Waals surface area contributed by atoms with E-state index in [0.717, 1.165) is 6.42 Å². The molecule has 0 spiro atoms. The summed E-state index contributed by atoms with van der Waals surface area (Å²) in [6.07, 6.45) is 0.309. The summed E-state index contributed by atoms with van der Waals surface area (Å²) in [7, 11) is 0. The van der Waals surface area contributed by atoms with Crippen molar-refractivity contribution in [2.45, 2.75) is 38.8 Å². The molecular formula is C14H16ClFN2O2. The van der Waals surface area contributed by atoms with Gasteiger partial charge in [0.25, 0.3) is 5.91 Å². The van der Waals surface area contributed by atoms with E-state index in [4.69, 9.17) is 16.4 Å². The SMILES string of the molecule is CC[C@H](C)NC(=O)[C@@H]1CC(c2c(F)cccc2Cl)=NO1. The van der Waals surface area contributed by atoms with Crippen molar-refractivity contribution in [1.82, 2.24) is 5.32 Å². The van der Waals surface area contributed by atoms with Crippen LogP contribution in [0.1, 0.15) is 32.3 Å². The number of benzene rings is 1. The molecule has 0 aromatic heterocycles. The second kappa shape index (κ2) is 6.22. The Labute approximate surface area is 121 Å². The first-order valence-electron chi connectivity index (χ1n) is 6.50. The van der Waals surface area contributed by atoms with Crippen LogP contribution in [0.5, 0.6) is 0 Å². The second-order valence-corrected chi connectivity index (χ2v) is 5.16. The van der Waals surface area contributed by atoms with Crippen molar-refractivity contribution in [1.29, 1.82) is 0 Å². The Bertz CT molecular complexity index is 528. The zero-order chi connectivity index (χ0) is 14.7. The third kappa shape index (κ3) is 3.10. The van der Waals surface area contributed by atoms with Gasteiger partial charge < -0.3 is 10.2 Å². The van der Waals surface area contributed by atoms with Gasteiger partial charge in [-0.15, -0.1) is 0 Å². The van der Waals surface area contributed by atoms with Crippen LogP contribution in [0.25, 0.3) is 0 Å². The maximum absolute atomic E-state index is 13.8. The van der Waals surface area contributed by atoms with Crippen LogP contribution in [0, 0.1) is 5.82 Å². The standard InChI is InChI=1S/C14H16ClFN2O2/c1-3-8(2)17-14(19)12-7-11(18-20-12)13-9(15)5-4-6-10(13)16/h4-6,8,12H,3,7H2,1-2H3,(H,17,19)/t8-,12-/m0/s1. The van der Waals surface area contributed by atoms with Gasteiger partial charge in [-0.25, -0.2) is 4.39 Å². The van der Waals surface area contributed by atoms with Crippen LogP contribution in [-0.4, -0.2) is 23.8 Å². The second-order valence-electron chi connectivity index (χ2n) is 4.75. The molecule has 0 radical (unpaired) electrons. The fourth-order valence-electron chi connectivity index (χ4n) is 1.88. The Kier molecular flexibility index (Phi) is 4.60. The molecule has 20 heavy (non-hydrogen) atoms. The van der Waals surface area contributed by atoms with Crippen molar-refractivity contribution in [3.63, 3.8) is 0 Å². The highest BCUT2D eigenvalue weighted by Gasteiger charge is 2.31. The smallest absolute Gasteiger partial charge is 0.264 e. The minimum absolute atomic E-state index is 0.0622. The van der Waals surface area contributed by atoms with Crippen LogP contribution in [0.15, 0.2) is 23.4 Å². The number of nitrogens with zero attached hydrogens (tertiary/aromatic N) is 1. The van der Waals surface area contributed by atoms with Gasteiger partial charge in [-0.3, -0.25) is 4.79 Å². The summed E-state index contributed by atoms with van der Waals surface area (Å²) in [5.74, 6) is -0.714. The van der Waals surface area contributed by atoms with Gasteiger partial charge in [-0.05, 0) is 25.5 Å². The van der Waals surface area contributed by atoms with E-state index in [1.165, 1.54) is 12.1 Å². The Balaban J connectivity index is 2.07. The van der Waals surface area contributed by atoms with Crippen LogP contribution in [-0.2, 0) is 9.63 Å². The quantitative estimate of drug-likeness (QED) is 0.929. The number of halogens is 2. The molecule has 1 N–H and O–H groups in total. The summed E-state index contributed by atoms with van der Waals surface area (Å²) < 4.78 is 13.8. The maximum Gasteiger partial charge on any atom is 0.264 e. The molecule has 6 heteroatoms. The highest BCUT2D eigenvalue weighted by atomic mass is 35.5. The summed E-state index contributed by atoms with van der Waals surface area (Å²) in [5, 5.41) is 6.86. The molecule has 1 aliphatic heterocycles. The summed E-state index contributed by atoms with van der Waals surface area (Å²) in [4.78, 5) is 17.0. The number of oxime groups is 1. The Morgan fingerprint density at radius 3 is 3.05 bits per heavy atom. The molecule has 2 atom stereocenters. The predicted molar refractivity (Wildman–Crippen MR) is 75.3 cm³/mol. The highest BCUT2D eigenvalue weighted by molar-refractivity contribution is 6.34. The lowest BCUT2D eigenvalue weighted by Gasteiger charge is -2.14. The highest BCUT2D eigenvalue weighted by Crippen LogP contribution is 2.25. The zero-order valence-electron chi connectivity index (χ0n) is 11.3. The molecular weight excluding hydrogens is 283 g/mol. The number of hydrogen-bond acceptors (Lipinski definition) is 3. The van der Waals surface area contributed by atoms with Crippen LogP contribution in [0.4, 0.5) is 4.39 Å². The van der Waals surface area contributed by atoms with Crippen molar-refractivity contribution in [3.05, 3.63) is 34.6 Å². The predicted octanol–water partition coefficient (Wildman–Crippen LogP) is 2.89. The van der Waals surface area contributed by atoms with E-state index in [1.807, 2.05) is 13.8 Å². The molecule has 0 fully saturated rings. The molecule has 1 heterocycles. The van der Waals surface area contributed by atoms with Gasteiger partial charge in [0.15, 0.2) is 0 Å². The number of hydrogen-bond donors (Lipinski definition) is 1. The number of carbonyl (C=O) groups excluding carboxylic acids is 1. The number of rotatable bonds is 4. The summed E-state index contributed by atoms with van der Waals surface area (Å²) >= 11 is 5.97. The van der Waals surface area contributed by atoms with Gasteiger partial charge in [-0.1, -0.05) is 29.7 Å². The van der Waals surface area contributed by atoms with Crippen LogP contribution in [0.2, 0.25) is 5.02 Å². The minimum Gasteiger partial charge on any atom is -0.382 e. The van der Waals surface area contributed by atoms with Gasteiger partial charge in [0.1, 0.15) is 5.82 Å². The van der Waals surface area contributed by atoms with Crippen molar-refractivity contribution in [2.24, 2.45) is 5.16 Å². The molecule has 0 saturated carbocycles. The van der Waals surface area contributed by atoms with E-state index in [9.17, 15) is 9.18 Å². The lowest BCUT2D eigenvalue weighted by molar-refractivity contribution is -0.131. The Hall–Kier alpha value is -1.62. The van der Waals surface area contributed by atoms with Crippen LogP contribution in [0.3, 0.4) is 0 Å². The third-order valence-electron chi connectivity index (χ3n) is 3.21. The third-order valence-corrected chi connectivity index (χ3v) is 3.53. The molecule has 108 valence electrons. The molecule has 1 aromatic rings. The normalized spacial score (nSPS) is 19.2. The lowest BCUT2D eigenvalue weighted by atomic mass is 10.0. The van der Waals surface area contributed by atoms with Gasteiger partial charge in [0.2, 0.25) is 6.10 Å². The van der Waals surface area contributed by atoms with E-state index in [-0.39, 0.29) is 29.0 Å². The number of carbonyl (C=O) groups is 1. The van der Waals surface area contributed by atoms with E-state index in [0.29, 0.717) is 5.71 Å². The van der Waals surface area contributed by atoms with Gasteiger partial charge >= 0.3 is 0 Å². The zero-order valence-corrected chi connectivity index (χ0v) is 12.1. The fourth-order valence-corrected chi connectivity index (χ4v) is 2.15. The Morgan fingerprint density at radius 2 is 2.40 bits per heavy atom. The molecule has 2 rings (SSSR count). The average Bonchev–Trinajstić information content (AvgIpc) is 2.88.